The van der Waals surface area contributed by atoms with E-state index in [2.05, 4.69) is 4.90 Å². The van der Waals surface area contributed by atoms with Crippen LogP contribution in [0.25, 0.3) is 0 Å². The Labute approximate surface area is 296 Å². The number of benzene rings is 2. The summed E-state index contributed by atoms with van der Waals surface area (Å²) in [5.74, 6) is -1.28. The number of anilines is 1. The number of hydrogen-bond acceptors (Lipinski definition) is 8. The van der Waals surface area contributed by atoms with Crippen molar-refractivity contribution in [2.75, 3.05) is 38.8 Å². The Kier molecular flexibility index (Phi) is 10.5. The molecule has 2 aromatic carbocycles. The van der Waals surface area contributed by atoms with Gasteiger partial charge in [0.05, 0.1) is 32.0 Å². The number of ether oxygens (including phenoxy) is 3. The fourth-order valence-corrected chi connectivity index (χ4v) is 8.52. The summed E-state index contributed by atoms with van der Waals surface area (Å²) in [5.41, 5.74) is 1.18. The molecule has 3 aliphatic rings. The molecule has 0 unspecified atom stereocenters. The number of amides is 1. The van der Waals surface area contributed by atoms with Gasteiger partial charge in [0.1, 0.15) is 22.0 Å². The lowest BCUT2D eigenvalue weighted by molar-refractivity contribution is -0.904. The summed E-state index contributed by atoms with van der Waals surface area (Å²) in [5, 5.41) is 20.8. The molecule has 10 nitrogen and oxygen atoms in total. The standard InChI is InChI=1S/C35H34Cl2FN3O7S/c1-46-30-8-7-21(13-31(30)47-2)23(15-24-26(36)17-40(45)18-27(24)37)33-25(34(42)43)14-22(49-33)16-41(29-6-4-3-5-28(29)38)35(44)48-32-19-39-11-9-20(32)10-12-39/h3-8,13-14,17-18,20,23,32H,9-12,15-16,19H2,1-2H3,(H-,42,43,45)/p+1/t23-,32-/m0/s1. The van der Waals surface area contributed by atoms with E-state index >= 15 is 4.39 Å². The van der Waals surface area contributed by atoms with Crippen molar-refractivity contribution in [2.45, 2.75) is 37.8 Å². The van der Waals surface area contributed by atoms with Crippen LogP contribution >= 0.6 is 34.5 Å². The van der Waals surface area contributed by atoms with Crippen LogP contribution in [0.4, 0.5) is 14.9 Å². The Balaban J connectivity index is 1.41. The van der Waals surface area contributed by atoms with Crippen LogP contribution in [0.5, 0.6) is 11.5 Å². The number of aromatic nitrogens is 1. The van der Waals surface area contributed by atoms with Crippen LogP contribution < -0.4 is 19.1 Å². The first-order chi connectivity index (χ1) is 23.6. The molecule has 7 rings (SSSR count). The number of carbonyl (C=O) groups excluding carboxylic acids is 1. The number of hydrogen-bond donors (Lipinski definition) is 2. The molecule has 1 amide bonds. The zero-order valence-electron chi connectivity index (χ0n) is 26.8. The van der Waals surface area contributed by atoms with Crippen LogP contribution in [-0.2, 0) is 17.7 Å². The molecule has 0 saturated carbocycles. The normalized spacial score (nSPS) is 18.9. The number of pyridine rings is 1. The summed E-state index contributed by atoms with van der Waals surface area (Å²) < 4.78 is 33.0. The number of methoxy groups -OCH3 is 2. The fourth-order valence-electron chi connectivity index (χ4n) is 6.64. The van der Waals surface area contributed by atoms with Crippen molar-refractivity contribution >= 4 is 52.3 Å². The summed E-state index contributed by atoms with van der Waals surface area (Å²) in [7, 11) is 3.01. The molecule has 0 aliphatic carbocycles. The minimum Gasteiger partial charge on any atom is -0.493 e. The zero-order chi connectivity index (χ0) is 34.8. The first-order valence-electron chi connectivity index (χ1n) is 15.7. The van der Waals surface area contributed by atoms with Gasteiger partial charge in [-0.25, -0.2) is 14.0 Å². The van der Waals surface area contributed by atoms with Crippen LogP contribution in [0, 0.1) is 11.7 Å². The molecule has 258 valence electrons. The van der Waals surface area contributed by atoms with E-state index in [0.29, 0.717) is 38.9 Å². The monoisotopic (exact) mass is 730 g/mol. The van der Waals surface area contributed by atoms with E-state index in [4.69, 9.17) is 37.4 Å². The van der Waals surface area contributed by atoms with Crippen LogP contribution in [0.3, 0.4) is 0 Å². The van der Waals surface area contributed by atoms with Gasteiger partial charge >= 0.3 is 12.1 Å². The number of aromatic carboxylic acids is 1. The first kappa shape index (κ1) is 34.8. The van der Waals surface area contributed by atoms with Crippen molar-refractivity contribution < 1.29 is 43.2 Å². The van der Waals surface area contributed by atoms with Crippen LogP contribution in [0.15, 0.2) is 60.9 Å². The molecule has 0 radical (unpaired) electrons. The maximum Gasteiger partial charge on any atom is 0.415 e. The van der Waals surface area contributed by atoms with Gasteiger partial charge in [0.15, 0.2) is 11.5 Å². The predicted molar refractivity (Wildman–Crippen MR) is 182 cm³/mol. The molecule has 3 fully saturated rings. The topological polar surface area (TPSA) is 113 Å². The highest BCUT2D eigenvalue weighted by molar-refractivity contribution is 7.12. The van der Waals surface area contributed by atoms with Gasteiger partial charge in [-0.2, -0.15) is 0 Å². The average molecular weight is 732 g/mol. The molecule has 0 spiro atoms. The highest BCUT2D eigenvalue weighted by Crippen LogP contribution is 2.42. The second-order valence-electron chi connectivity index (χ2n) is 12.1. The van der Waals surface area contributed by atoms with E-state index in [9.17, 15) is 19.9 Å². The van der Waals surface area contributed by atoms with Crippen molar-refractivity contribution in [1.82, 2.24) is 4.90 Å². The van der Waals surface area contributed by atoms with Crippen molar-refractivity contribution in [1.29, 1.82) is 0 Å². The van der Waals surface area contributed by atoms with Gasteiger partial charge in [-0.3, -0.25) is 15.0 Å². The maximum absolute atomic E-state index is 15.3. The number of nitrogens with zero attached hydrogens (tertiary/aromatic N) is 3. The Hall–Kier alpha value is -4.10. The third-order valence-corrected chi connectivity index (χ3v) is 11.1. The number of carboxylic acids is 1. The number of carboxylic acid groups (broad SMARTS) is 1. The van der Waals surface area contributed by atoms with Gasteiger partial charge < -0.3 is 19.3 Å². The lowest BCUT2D eigenvalue weighted by atomic mass is 9.86. The van der Waals surface area contributed by atoms with Gasteiger partial charge in [-0.05, 0) is 74.2 Å². The second kappa shape index (κ2) is 14.8. The lowest BCUT2D eigenvalue weighted by Gasteiger charge is -2.44. The van der Waals surface area contributed by atoms with E-state index in [0.717, 1.165) is 30.7 Å². The summed E-state index contributed by atoms with van der Waals surface area (Å²) in [4.78, 5) is 31.1. The minimum atomic E-state index is -1.19. The van der Waals surface area contributed by atoms with E-state index in [1.165, 1.54) is 67.1 Å². The maximum atomic E-state index is 15.3. The molecule has 4 aromatic rings. The number of thiophene rings is 1. The Morgan fingerprint density at radius 1 is 1.06 bits per heavy atom. The van der Waals surface area contributed by atoms with Crippen LogP contribution in [0.1, 0.15) is 50.0 Å². The smallest absolute Gasteiger partial charge is 0.415 e. The quantitative estimate of drug-likeness (QED) is 0.125. The number of carbonyl (C=O) groups is 2. The van der Waals surface area contributed by atoms with E-state index in [-0.39, 0.29) is 46.3 Å². The molecular weight excluding hydrogens is 696 g/mol. The van der Waals surface area contributed by atoms with Crippen LogP contribution in [0.2, 0.25) is 10.0 Å². The van der Waals surface area contributed by atoms with E-state index in [1.807, 2.05) is 0 Å². The summed E-state index contributed by atoms with van der Waals surface area (Å²) in [6.45, 7) is 2.42. The van der Waals surface area contributed by atoms with Gasteiger partial charge in [0, 0.05) is 32.5 Å². The molecule has 2 N–H and O–H groups in total. The van der Waals surface area contributed by atoms with Crippen molar-refractivity contribution in [3.05, 3.63) is 103 Å². The van der Waals surface area contributed by atoms with Gasteiger partial charge in [-0.15, -0.1) is 11.3 Å². The molecular formula is C35H35Cl2FN3O7S+. The Bertz CT molecular complexity index is 1840. The van der Waals surface area contributed by atoms with Crippen LogP contribution in [-0.4, -0.2) is 67.2 Å². The SMILES string of the molecule is COc1ccc([C@H](Cc2c(Cl)c[n+](O)cc2Cl)c2sc(CN(C(=O)O[C@H]3CN4CCC3CC4)c3ccccc3F)cc2C(=O)O)cc1OC. The first-order valence-corrected chi connectivity index (χ1v) is 17.2. The highest BCUT2D eigenvalue weighted by Gasteiger charge is 2.38. The Morgan fingerprint density at radius 3 is 2.37 bits per heavy atom. The summed E-state index contributed by atoms with van der Waals surface area (Å²) in [6.07, 6.45) is 3.57. The predicted octanol–water partition coefficient (Wildman–Crippen LogP) is 7.05. The Morgan fingerprint density at radius 2 is 1.76 bits per heavy atom. The molecule has 3 saturated heterocycles. The third kappa shape index (κ3) is 7.42. The molecule has 2 aromatic heterocycles. The largest absolute Gasteiger partial charge is 0.493 e. The summed E-state index contributed by atoms with van der Waals surface area (Å²) in [6, 6.07) is 12.7. The van der Waals surface area contributed by atoms with Gasteiger partial charge in [-0.1, -0.05) is 41.4 Å². The van der Waals surface area contributed by atoms with E-state index < -0.39 is 23.8 Å². The number of rotatable bonds is 11. The molecule has 2 bridgehead atoms. The average Bonchev–Trinajstić information content (AvgIpc) is 3.51. The van der Waals surface area contributed by atoms with Gasteiger partial charge in [0.25, 0.3) is 0 Å². The lowest BCUT2D eigenvalue weighted by Crippen LogP contribution is -2.53. The molecule has 5 heterocycles. The number of fused-ring (bicyclic) bond motifs is 3. The van der Waals surface area contributed by atoms with E-state index in [1.54, 1.807) is 24.3 Å². The summed E-state index contributed by atoms with van der Waals surface area (Å²) >= 11 is 14.3. The second-order valence-corrected chi connectivity index (χ2v) is 14.1. The molecule has 2 atom stereocenters. The van der Waals surface area contributed by atoms with Crippen molar-refractivity contribution in [3.63, 3.8) is 0 Å². The fraction of sp³-hybridized carbons (Fsp3) is 0.343. The van der Waals surface area contributed by atoms with Crippen molar-refractivity contribution in [3.8, 4) is 11.5 Å². The minimum absolute atomic E-state index is 0.000533. The third-order valence-electron chi connectivity index (χ3n) is 9.17. The number of piperidine rings is 3. The van der Waals surface area contributed by atoms with Crippen molar-refractivity contribution in [2.24, 2.45) is 5.92 Å². The van der Waals surface area contributed by atoms with Gasteiger partial charge in [0.2, 0.25) is 12.4 Å². The molecule has 14 heteroatoms. The molecule has 49 heavy (non-hydrogen) atoms. The number of para-hydroxylation sites is 1. The number of halogens is 3. The highest BCUT2D eigenvalue weighted by atomic mass is 35.5. The molecule has 3 aliphatic heterocycles. The zero-order valence-corrected chi connectivity index (χ0v) is 29.1.